The summed E-state index contributed by atoms with van der Waals surface area (Å²) >= 11 is 1.78. The quantitative estimate of drug-likeness (QED) is 0.359. The van der Waals surface area contributed by atoms with E-state index in [2.05, 4.69) is 61.5 Å². The largest absolute Gasteiger partial charge is 0.496 e. The van der Waals surface area contributed by atoms with Crippen LogP contribution in [0.25, 0.3) is 0 Å². The molecule has 139 valence electrons. The highest BCUT2D eigenvalue weighted by atomic mass is 32.2. The van der Waals surface area contributed by atoms with Crippen molar-refractivity contribution in [3.63, 3.8) is 0 Å². The van der Waals surface area contributed by atoms with Gasteiger partial charge >= 0.3 is 0 Å². The fraction of sp³-hybridized carbons (Fsp3) is 0.208. The van der Waals surface area contributed by atoms with Gasteiger partial charge < -0.3 is 9.47 Å². The number of benzene rings is 3. The van der Waals surface area contributed by atoms with Crippen molar-refractivity contribution in [2.75, 3.05) is 25.2 Å². The highest BCUT2D eigenvalue weighted by Gasteiger charge is 2.39. The second kappa shape index (κ2) is 9.63. The average molecular weight is 378 g/mol. The van der Waals surface area contributed by atoms with Gasteiger partial charge in [0.05, 0.1) is 13.7 Å². The van der Waals surface area contributed by atoms with Crippen LogP contribution in [-0.4, -0.2) is 25.2 Å². The van der Waals surface area contributed by atoms with E-state index < -0.39 is 5.60 Å². The minimum Gasteiger partial charge on any atom is -0.496 e. The summed E-state index contributed by atoms with van der Waals surface area (Å²) in [5.41, 5.74) is 2.43. The summed E-state index contributed by atoms with van der Waals surface area (Å²) in [6.07, 6.45) is 0. The van der Waals surface area contributed by atoms with E-state index >= 15 is 0 Å². The topological polar surface area (TPSA) is 18.5 Å². The van der Waals surface area contributed by atoms with E-state index in [1.165, 1.54) is 0 Å². The number of hydrogen-bond acceptors (Lipinski definition) is 3. The Kier molecular flexibility index (Phi) is 6.97. The second-order valence-electron chi connectivity index (χ2n) is 6.07. The van der Waals surface area contributed by atoms with Crippen molar-refractivity contribution in [1.82, 2.24) is 0 Å². The molecule has 0 saturated carbocycles. The Morgan fingerprint density at radius 2 is 1.37 bits per heavy atom. The van der Waals surface area contributed by atoms with Gasteiger partial charge in [0, 0.05) is 11.3 Å². The van der Waals surface area contributed by atoms with Crippen LogP contribution in [0.15, 0.2) is 84.9 Å². The van der Waals surface area contributed by atoms with Gasteiger partial charge in [-0.1, -0.05) is 78.9 Å². The predicted octanol–water partition coefficient (Wildman–Crippen LogP) is 5.57. The molecule has 0 amide bonds. The molecule has 0 bridgehead atoms. The Labute approximate surface area is 166 Å². The highest BCUT2D eigenvalue weighted by Crippen LogP contribution is 2.44. The third kappa shape index (κ3) is 4.20. The van der Waals surface area contributed by atoms with E-state index in [1.54, 1.807) is 18.9 Å². The lowest BCUT2D eigenvalue weighted by Gasteiger charge is -2.36. The highest BCUT2D eigenvalue weighted by molar-refractivity contribution is 7.99. The molecule has 0 atom stereocenters. The van der Waals surface area contributed by atoms with Crippen molar-refractivity contribution < 1.29 is 9.47 Å². The van der Waals surface area contributed by atoms with Gasteiger partial charge in [-0.15, -0.1) is 0 Å². The second-order valence-corrected chi connectivity index (χ2v) is 7.30. The van der Waals surface area contributed by atoms with Gasteiger partial charge in [-0.05, 0) is 29.9 Å². The average Bonchev–Trinajstić information content (AvgIpc) is 2.75. The molecule has 0 saturated heterocycles. The zero-order valence-electron chi connectivity index (χ0n) is 15.6. The van der Waals surface area contributed by atoms with Gasteiger partial charge in [0.2, 0.25) is 0 Å². The number of hydrogen-bond donors (Lipinski definition) is 0. The van der Waals surface area contributed by atoms with E-state index in [4.69, 9.17) is 9.47 Å². The Balaban J connectivity index is 2.21. The van der Waals surface area contributed by atoms with Crippen LogP contribution < -0.4 is 4.74 Å². The summed E-state index contributed by atoms with van der Waals surface area (Å²) in [6.45, 7) is 4.52. The summed E-state index contributed by atoms with van der Waals surface area (Å²) in [7, 11) is 1.71. The lowest BCUT2D eigenvalue weighted by Crippen LogP contribution is -2.34. The molecule has 3 aromatic rings. The molecule has 3 aromatic carbocycles. The van der Waals surface area contributed by atoms with Gasteiger partial charge in [0.15, 0.2) is 0 Å². The van der Waals surface area contributed by atoms with Crippen molar-refractivity contribution in [2.24, 2.45) is 0 Å². The first-order valence-electron chi connectivity index (χ1n) is 9.08. The number of ether oxygens (including phenoxy) is 2. The summed E-state index contributed by atoms with van der Waals surface area (Å²) in [4.78, 5) is 0. The van der Waals surface area contributed by atoms with Crippen molar-refractivity contribution in [3.05, 3.63) is 109 Å². The fourth-order valence-electron chi connectivity index (χ4n) is 3.36. The molecular weight excluding hydrogens is 352 g/mol. The predicted molar refractivity (Wildman–Crippen MR) is 114 cm³/mol. The van der Waals surface area contributed by atoms with Gasteiger partial charge in [-0.25, -0.2) is 0 Å². The first-order valence-corrected chi connectivity index (χ1v) is 10.2. The summed E-state index contributed by atoms with van der Waals surface area (Å²) < 4.78 is 12.4. The lowest BCUT2D eigenvalue weighted by molar-refractivity contribution is 0.0216. The zero-order valence-corrected chi connectivity index (χ0v) is 16.5. The molecule has 0 aliphatic carbocycles. The van der Waals surface area contributed by atoms with E-state index in [9.17, 15) is 0 Å². The van der Waals surface area contributed by atoms with Crippen LogP contribution in [0.4, 0.5) is 0 Å². The zero-order chi connectivity index (χ0) is 19.0. The van der Waals surface area contributed by atoms with Gasteiger partial charge in [0.1, 0.15) is 11.4 Å². The summed E-state index contributed by atoms with van der Waals surface area (Å²) in [5.74, 6) is 2.54. The fourth-order valence-corrected chi connectivity index (χ4v) is 3.76. The van der Waals surface area contributed by atoms with E-state index in [0.717, 1.165) is 33.9 Å². The van der Waals surface area contributed by atoms with Crippen LogP contribution in [-0.2, 0) is 10.3 Å². The minimum absolute atomic E-state index is 0.613. The molecule has 0 aromatic heterocycles. The SMILES string of the molecule is [CH2]CSCCOC(c1ccccc1)(c1ccccc1)c1ccccc1OC. The summed E-state index contributed by atoms with van der Waals surface area (Å²) in [5, 5.41) is 0. The van der Waals surface area contributed by atoms with Gasteiger partial charge in [-0.2, -0.15) is 11.8 Å². The monoisotopic (exact) mass is 377 g/mol. The third-order valence-corrected chi connectivity index (χ3v) is 5.28. The first kappa shape index (κ1) is 19.5. The Morgan fingerprint density at radius 1 is 0.815 bits per heavy atom. The van der Waals surface area contributed by atoms with Crippen LogP contribution >= 0.6 is 11.8 Å². The number of thioether (sulfide) groups is 1. The third-order valence-electron chi connectivity index (χ3n) is 4.54. The molecule has 0 spiro atoms. The molecule has 3 heteroatoms. The number of rotatable bonds is 9. The van der Waals surface area contributed by atoms with E-state index in [-0.39, 0.29) is 0 Å². The van der Waals surface area contributed by atoms with Crippen molar-refractivity contribution in [2.45, 2.75) is 5.60 Å². The molecule has 2 nitrogen and oxygen atoms in total. The molecule has 0 heterocycles. The molecule has 0 aliphatic rings. The smallest absolute Gasteiger partial charge is 0.147 e. The maximum atomic E-state index is 6.70. The maximum absolute atomic E-state index is 6.70. The van der Waals surface area contributed by atoms with E-state index in [1.807, 2.05) is 30.3 Å². The molecule has 0 N–H and O–H groups in total. The van der Waals surface area contributed by atoms with Crippen LogP contribution in [0.1, 0.15) is 16.7 Å². The minimum atomic E-state index is -0.739. The van der Waals surface area contributed by atoms with Crippen LogP contribution in [0.2, 0.25) is 0 Å². The Morgan fingerprint density at radius 3 is 1.93 bits per heavy atom. The number of methoxy groups -OCH3 is 1. The Hall–Kier alpha value is -2.23. The molecule has 0 aliphatic heterocycles. The molecule has 3 rings (SSSR count). The number of para-hydroxylation sites is 1. The molecule has 27 heavy (non-hydrogen) atoms. The van der Waals surface area contributed by atoms with Crippen molar-refractivity contribution in [1.29, 1.82) is 0 Å². The van der Waals surface area contributed by atoms with Gasteiger partial charge in [0.25, 0.3) is 0 Å². The van der Waals surface area contributed by atoms with Crippen molar-refractivity contribution >= 4 is 11.8 Å². The maximum Gasteiger partial charge on any atom is 0.147 e. The molecule has 0 unspecified atom stereocenters. The van der Waals surface area contributed by atoms with Crippen molar-refractivity contribution in [3.8, 4) is 5.75 Å². The lowest BCUT2D eigenvalue weighted by atomic mass is 9.79. The normalized spacial score (nSPS) is 11.3. The van der Waals surface area contributed by atoms with Crippen LogP contribution in [0.3, 0.4) is 0 Å². The first-order chi connectivity index (χ1) is 13.3. The molecule has 1 radical (unpaired) electrons. The Bertz CT molecular complexity index is 779. The summed E-state index contributed by atoms with van der Waals surface area (Å²) in [6, 6.07) is 28.8. The molecule has 0 fully saturated rings. The standard InChI is InChI=1S/C24H25O2S/c1-3-27-19-18-26-24(20-12-6-4-7-13-20,21-14-8-5-9-15-21)22-16-10-11-17-23(22)25-2/h4-17H,1,3,18-19H2,2H3. The van der Waals surface area contributed by atoms with Crippen LogP contribution in [0, 0.1) is 6.92 Å². The van der Waals surface area contributed by atoms with E-state index in [0.29, 0.717) is 6.61 Å². The molecular formula is C24H25O2S. The van der Waals surface area contributed by atoms with Crippen LogP contribution in [0.5, 0.6) is 5.75 Å². The van der Waals surface area contributed by atoms with Gasteiger partial charge in [-0.3, -0.25) is 0 Å².